The van der Waals surface area contributed by atoms with E-state index in [-0.39, 0.29) is 11.6 Å². The van der Waals surface area contributed by atoms with Gasteiger partial charge in [0.2, 0.25) is 0 Å². The first kappa shape index (κ1) is 16.5. The quantitative estimate of drug-likeness (QED) is 0.646. The number of nitrogens with zero attached hydrogens (tertiary/aromatic N) is 1. The van der Waals surface area contributed by atoms with Crippen LogP contribution >= 0.6 is 0 Å². The van der Waals surface area contributed by atoms with Crippen molar-refractivity contribution in [2.75, 3.05) is 13.2 Å². The van der Waals surface area contributed by atoms with Crippen LogP contribution in [0.3, 0.4) is 0 Å². The van der Waals surface area contributed by atoms with E-state index in [1.54, 1.807) is 0 Å². The number of ether oxygens (including phenoxy) is 1. The Hall–Kier alpha value is -0.590. The van der Waals surface area contributed by atoms with E-state index in [0.29, 0.717) is 0 Å². The Morgan fingerprint density at radius 1 is 1.26 bits per heavy atom. The smallest absolute Gasteiger partial charge is 0.109 e. The Balaban J connectivity index is 2.21. The van der Waals surface area contributed by atoms with Crippen LogP contribution in [0.25, 0.3) is 0 Å². The van der Waals surface area contributed by atoms with Crippen molar-refractivity contribution in [2.24, 2.45) is 0 Å². The lowest BCUT2D eigenvalue weighted by molar-refractivity contribution is 0.00759. The third-order valence-electron chi connectivity index (χ3n) is 4.04. The molecule has 0 aromatic rings. The summed E-state index contributed by atoms with van der Waals surface area (Å²) in [5.41, 5.74) is -0.333. The van der Waals surface area contributed by atoms with E-state index in [0.717, 1.165) is 45.3 Å². The molecule has 3 heteroatoms. The SMILES string of the molecule is CCCCCCCOC1CCCC(C#N)(NCC)C1. The molecule has 0 aliphatic heterocycles. The second-order valence-corrected chi connectivity index (χ2v) is 5.73. The average Bonchev–Trinajstić information content (AvgIpc) is 2.43. The van der Waals surface area contributed by atoms with Crippen LogP contribution in [0.4, 0.5) is 0 Å². The van der Waals surface area contributed by atoms with Gasteiger partial charge in [0.15, 0.2) is 0 Å². The molecule has 1 saturated carbocycles. The Kier molecular flexibility index (Phi) is 8.09. The standard InChI is InChI=1S/C16H30N2O/c1-3-5-6-7-8-12-19-15-10-9-11-16(13-15,14-17)18-4-2/h15,18H,3-13H2,1-2H3. The zero-order valence-corrected chi connectivity index (χ0v) is 12.7. The Bertz CT molecular complexity index is 270. The van der Waals surface area contributed by atoms with Gasteiger partial charge < -0.3 is 4.74 Å². The molecule has 1 fully saturated rings. The molecule has 0 heterocycles. The lowest BCUT2D eigenvalue weighted by Gasteiger charge is -2.36. The van der Waals surface area contributed by atoms with Crippen LogP contribution in [0.1, 0.15) is 71.6 Å². The third-order valence-corrected chi connectivity index (χ3v) is 4.04. The second kappa shape index (κ2) is 9.34. The molecule has 0 amide bonds. The summed E-state index contributed by atoms with van der Waals surface area (Å²) in [6.45, 7) is 6.03. The van der Waals surface area contributed by atoms with Crippen molar-refractivity contribution in [1.29, 1.82) is 5.26 Å². The highest BCUT2D eigenvalue weighted by molar-refractivity contribution is 5.10. The van der Waals surface area contributed by atoms with Crippen molar-refractivity contribution < 1.29 is 4.74 Å². The summed E-state index contributed by atoms with van der Waals surface area (Å²) in [4.78, 5) is 0. The molecule has 3 nitrogen and oxygen atoms in total. The molecule has 2 unspecified atom stereocenters. The zero-order valence-electron chi connectivity index (χ0n) is 12.7. The molecule has 0 saturated heterocycles. The van der Waals surface area contributed by atoms with Crippen molar-refractivity contribution in [3.8, 4) is 6.07 Å². The van der Waals surface area contributed by atoms with E-state index >= 15 is 0 Å². The topological polar surface area (TPSA) is 45.0 Å². The van der Waals surface area contributed by atoms with Gasteiger partial charge in [-0.2, -0.15) is 5.26 Å². The molecule has 0 aromatic heterocycles. The average molecular weight is 266 g/mol. The lowest BCUT2D eigenvalue weighted by Crippen LogP contribution is -2.49. The first-order valence-corrected chi connectivity index (χ1v) is 8.04. The van der Waals surface area contributed by atoms with E-state index < -0.39 is 0 Å². The molecular weight excluding hydrogens is 236 g/mol. The maximum Gasteiger partial charge on any atom is 0.109 e. The van der Waals surface area contributed by atoms with Crippen molar-refractivity contribution in [3.05, 3.63) is 0 Å². The van der Waals surface area contributed by atoms with Gasteiger partial charge in [-0.05, 0) is 32.2 Å². The second-order valence-electron chi connectivity index (χ2n) is 5.73. The first-order chi connectivity index (χ1) is 9.26. The third kappa shape index (κ3) is 5.93. The molecule has 0 radical (unpaired) electrons. The van der Waals surface area contributed by atoms with Gasteiger partial charge in [0, 0.05) is 13.0 Å². The molecule has 110 valence electrons. The summed E-state index contributed by atoms with van der Waals surface area (Å²) in [5, 5.41) is 12.7. The minimum atomic E-state index is -0.333. The molecule has 2 atom stereocenters. The highest BCUT2D eigenvalue weighted by Crippen LogP contribution is 2.29. The summed E-state index contributed by atoms with van der Waals surface area (Å²) in [6, 6.07) is 2.48. The monoisotopic (exact) mass is 266 g/mol. The predicted molar refractivity (Wildman–Crippen MR) is 79.0 cm³/mol. The van der Waals surface area contributed by atoms with Crippen molar-refractivity contribution in [1.82, 2.24) is 5.32 Å². The van der Waals surface area contributed by atoms with Crippen LogP contribution < -0.4 is 5.32 Å². The Morgan fingerprint density at radius 3 is 2.74 bits per heavy atom. The van der Waals surface area contributed by atoms with Gasteiger partial charge in [-0.1, -0.05) is 39.5 Å². The van der Waals surface area contributed by atoms with Gasteiger partial charge in [-0.3, -0.25) is 5.32 Å². The van der Waals surface area contributed by atoms with E-state index in [1.165, 1.54) is 25.7 Å². The fraction of sp³-hybridized carbons (Fsp3) is 0.938. The van der Waals surface area contributed by atoms with E-state index in [4.69, 9.17) is 4.74 Å². The first-order valence-electron chi connectivity index (χ1n) is 8.04. The number of hydrogen-bond donors (Lipinski definition) is 1. The van der Waals surface area contributed by atoms with Gasteiger partial charge in [0.1, 0.15) is 5.54 Å². The number of unbranched alkanes of at least 4 members (excludes halogenated alkanes) is 4. The summed E-state index contributed by atoms with van der Waals surface area (Å²) in [5.74, 6) is 0. The zero-order chi connectivity index (χ0) is 14.0. The van der Waals surface area contributed by atoms with E-state index in [1.807, 2.05) is 0 Å². The van der Waals surface area contributed by atoms with Crippen LogP contribution in [0.2, 0.25) is 0 Å². The molecule has 1 rings (SSSR count). The van der Waals surface area contributed by atoms with Crippen LogP contribution in [-0.2, 0) is 4.74 Å². The maximum absolute atomic E-state index is 9.39. The molecule has 0 spiro atoms. The molecule has 1 aliphatic rings. The summed E-state index contributed by atoms with van der Waals surface area (Å²) in [6.07, 6.45) is 10.7. The minimum absolute atomic E-state index is 0.277. The molecule has 1 N–H and O–H groups in total. The number of rotatable bonds is 9. The largest absolute Gasteiger partial charge is 0.378 e. The summed E-state index contributed by atoms with van der Waals surface area (Å²) < 4.78 is 5.98. The number of hydrogen-bond acceptors (Lipinski definition) is 3. The van der Waals surface area contributed by atoms with Crippen molar-refractivity contribution in [3.63, 3.8) is 0 Å². The fourth-order valence-corrected chi connectivity index (χ4v) is 2.96. The Labute approximate surface area is 118 Å². The van der Waals surface area contributed by atoms with Gasteiger partial charge in [0.05, 0.1) is 12.2 Å². The van der Waals surface area contributed by atoms with Gasteiger partial charge >= 0.3 is 0 Å². The minimum Gasteiger partial charge on any atom is -0.378 e. The molecule has 1 aliphatic carbocycles. The molecule has 19 heavy (non-hydrogen) atoms. The van der Waals surface area contributed by atoms with Crippen molar-refractivity contribution >= 4 is 0 Å². The highest BCUT2D eigenvalue weighted by atomic mass is 16.5. The van der Waals surface area contributed by atoms with Crippen LogP contribution in [0, 0.1) is 11.3 Å². The van der Waals surface area contributed by atoms with Crippen LogP contribution in [0.5, 0.6) is 0 Å². The fourth-order valence-electron chi connectivity index (χ4n) is 2.96. The molecule has 0 bridgehead atoms. The van der Waals surface area contributed by atoms with Gasteiger partial charge in [0.25, 0.3) is 0 Å². The van der Waals surface area contributed by atoms with E-state index in [2.05, 4.69) is 25.2 Å². The number of nitrogens with one attached hydrogen (secondary N) is 1. The van der Waals surface area contributed by atoms with E-state index in [9.17, 15) is 5.26 Å². The maximum atomic E-state index is 9.39. The highest BCUT2D eigenvalue weighted by Gasteiger charge is 2.36. The van der Waals surface area contributed by atoms with Gasteiger partial charge in [-0.25, -0.2) is 0 Å². The Morgan fingerprint density at radius 2 is 2.05 bits per heavy atom. The van der Waals surface area contributed by atoms with Crippen LogP contribution in [-0.4, -0.2) is 24.8 Å². The summed E-state index contributed by atoms with van der Waals surface area (Å²) >= 11 is 0. The molecular formula is C16H30N2O. The van der Waals surface area contributed by atoms with Crippen LogP contribution in [0.15, 0.2) is 0 Å². The summed E-state index contributed by atoms with van der Waals surface area (Å²) in [7, 11) is 0. The molecule has 0 aromatic carbocycles. The lowest BCUT2D eigenvalue weighted by atomic mass is 9.81. The normalized spacial score (nSPS) is 27.1. The van der Waals surface area contributed by atoms with Crippen molar-refractivity contribution in [2.45, 2.75) is 83.3 Å². The van der Waals surface area contributed by atoms with Gasteiger partial charge in [-0.15, -0.1) is 0 Å². The number of nitriles is 1. The predicted octanol–water partition coefficient (Wildman–Crippen LogP) is 3.79.